The topological polar surface area (TPSA) is 252 Å². The Labute approximate surface area is 183 Å². The van der Waals surface area contributed by atoms with Crippen molar-refractivity contribution in [3.05, 3.63) is 66.1 Å². The Hall–Kier alpha value is -3.97. The number of hydrogen-bond acceptors (Lipinski definition) is 15. The van der Waals surface area contributed by atoms with E-state index in [1.807, 2.05) is 0 Å². The van der Waals surface area contributed by atoms with Crippen LogP contribution in [0.1, 0.15) is 0 Å². The Morgan fingerprint density at radius 2 is 1.30 bits per heavy atom. The third-order valence-electron chi connectivity index (χ3n) is 4.13. The summed E-state index contributed by atoms with van der Waals surface area (Å²) < 4.78 is 26.8. The first-order chi connectivity index (χ1) is 15.5. The molecule has 0 amide bonds. The van der Waals surface area contributed by atoms with Crippen LogP contribution in [-0.4, -0.2) is 82.6 Å². The monoisotopic (exact) mass is 482 g/mol. The lowest BCUT2D eigenvalue weighted by Gasteiger charge is -2.14. The van der Waals surface area contributed by atoms with Crippen LogP contribution in [0.4, 0.5) is 4.79 Å². The highest BCUT2D eigenvalue weighted by Crippen LogP contribution is 2.29. The summed E-state index contributed by atoms with van der Waals surface area (Å²) in [6.07, 6.45) is -1.79. The number of nitro groups is 4. The number of carbonyl (C=O) groups is 1. The van der Waals surface area contributed by atoms with Crippen LogP contribution in [0, 0.1) is 40.5 Å². The van der Waals surface area contributed by atoms with Gasteiger partial charge in [-0.1, -0.05) is 13.2 Å². The molecule has 0 N–H and O–H groups in total. The fourth-order valence-electron chi connectivity index (χ4n) is 2.19. The molecule has 0 saturated carbocycles. The Bertz CT molecular complexity index is 765. The van der Waals surface area contributed by atoms with Gasteiger partial charge in [-0.25, -0.2) is 4.79 Å². The quantitative estimate of drug-likeness (QED) is 0.0585. The third-order valence-corrected chi connectivity index (χ3v) is 4.13. The van der Waals surface area contributed by atoms with E-state index in [4.69, 9.17) is 4.74 Å². The summed E-state index contributed by atoms with van der Waals surface area (Å²) in [5.41, 5.74) is -5.15. The number of ether oxygens (including phenoxy) is 6. The molecule has 184 valence electrons. The largest absolute Gasteiger partial charge is 0.518 e. The first-order valence-electron chi connectivity index (χ1n) is 8.56. The fourth-order valence-corrected chi connectivity index (χ4v) is 2.19. The van der Waals surface area contributed by atoms with Crippen LogP contribution in [-0.2, 0) is 28.4 Å². The molecule has 0 aliphatic carbocycles. The van der Waals surface area contributed by atoms with Crippen LogP contribution in [0.5, 0.6) is 0 Å². The zero-order valence-corrected chi connectivity index (χ0v) is 16.7. The van der Waals surface area contributed by atoms with Gasteiger partial charge in [-0.05, 0) is 0 Å². The Morgan fingerprint density at radius 3 is 1.64 bits per heavy atom. The molecular weight excluding hydrogens is 464 g/mol. The molecule has 19 heteroatoms. The molecule has 0 bridgehead atoms. The average molecular weight is 482 g/mol. The molecule has 19 nitrogen and oxygen atoms in total. The van der Waals surface area contributed by atoms with Crippen LogP contribution < -0.4 is 0 Å². The van der Waals surface area contributed by atoms with Gasteiger partial charge in [-0.15, -0.1) is 0 Å². The van der Waals surface area contributed by atoms with Crippen molar-refractivity contribution in [1.29, 1.82) is 0 Å². The minimum absolute atomic E-state index is 0.0202. The molecule has 2 saturated heterocycles. The lowest BCUT2D eigenvalue weighted by molar-refractivity contribution is -0.801. The van der Waals surface area contributed by atoms with Gasteiger partial charge in [0.05, 0.1) is 25.7 Å². The highest BCUT2D eigenvalue weighted by molar-refractivity contribution is 5.60. The molecule has 0 radical (unpaired) electrons. The molecule has 2 atom stereocenters. The standard InChI is InChI=1S/C7H8N2O8.C7H10N2O7/c1-2-15-6(10)17-4-7(8(11)12,9(13)14)5-3-16-5;1-2-14-5-15-4-7(8(10)11,9(12)13)6-3-16-6/h2,5H,1,3-4H2;2,6H,1,3-5H2. The van der Waals surface area contributed by atoms with Gasteiger partial charge in [0.15, 0.2) is 13.4 Å². The molecule has 2 rings (SSSR count). The summed E-state index contributed by atoms with van der Waals surface area (Å²) >= 11 is 0. The molecule has 2 aliphatic heterocycles. The van der Waals surface area contributed by atoms with Crippen LogP contribution >= 0.6 is 0 Å². The van der Waals surface area contributed by atoms with E-state index in [9.17, 15) is 45.3 Å². The molecule has 33 heavy (non-hydrogen) atoms. The number of epoxide rings is 2. The number of carbonyl (C=O) groups excluding carboxylic acids is 1. The molecule has 0 aromatic heterocycles. The van der Waals surface area contributed by atoms with Crippen molar-refractivity contribution in [2.24, 2.45) is 0 Å². The van der Waals surface area contributed by atoms with Gasteiger partial charge in [0.25, 0.3) is 0 Å². The first-order valence-corrected chi connectivity index (χ1v) is 8.56. The van der Waals surface area contributed by atoms with Gasteiger partial charge < -0.3 is 28.4 Å². The zero-order valence-electron chi connectivity index (χ0n) is 16.7. The van der Waals surface area contributed by atoms with Crippen molar-refractivity contribution in [3.63, 3.8) is 0 Å². The summed E-state index contributed by atoms with van der Waals surface area (Å²) in [4.78, 5) is 49.5. The van der Waals surface area contributed by atoms with Crippen molar-refractivity contribution in [3.8, 4) is 0 Å². The Balaban J connectivity index is 0.000000331. The van der Waals surface area contributed by atoms with Crippen LogP contribution in [0.3, 0.4) is 0 Å². The van der Waals surface area contributed by atoms with Crippen molar-refractivity contribution < 1.29 is 52.9 Å². The molecule has 0 spiro atoms. The van der Waals surface area contributed by atoms with E-state index >= 15 is 0 Å². The number of nitrogens with zero attached hydrogens (tertiary/aromatic N) is 4. The second-order valence-electron chi connectivity index (χ2n) is 6.05. The van der Waals surface area contributed by atoms with Crippen molar-refractivity contribution >= 4 is 6.16 Å². The molecule has 0 aromatic rings. The van der Waals surface area contributed by atoms with Gasteiger partial charge in [0, 0.05) is 0 Å². The summed E-state index contributed by atoms with van der Waals surface area (Å²) in [7, 11) is 0. The van der Waals surface area contributed by atoms with E-state index in [2.05, 4.69) is 36.8 Å². The van der Waals surface area contributed by atoms with Crippen molar-refractivity contribution in [2.45, 2.75) is 23.5 Å². The van der Waals surface area contributed by atoms with E-state index in [-0.39, 0.29) is 20.0 Å². The predicted octanol–water partition coefficient (Wildman–Crippen LogP) is -0.299. The van der Waals surface area contributed by atoms with Crippen LogP contribution in [0.15, 0.2) is 25.7 Å². The van der Waals surface area contributed by atoms with E-state index in [1.54, 1.807) is 0 Å². The van der Waals surface area contributed by atoms with Gasteiger partial charge in [-0.3, -0.25) is 40.5 Å². The van der Waals surface area contributed by atoms with Gasteiger partial charge >= 0.3 is 17.5 Å². The van der Waals surface area contributed by atoms with E-state index in [0.29, 0.717) is 0 Å². The van der Waals surface area contributed by atoms with Gasteiger partial charge in [0.1, 0.15) is 19.7 Å². The van der Waals surface area contributed by atoms with Crippen LogP contribution in [0.25, 0.3) is 0 Å². The molecule has 2 fully saturated rings. The summed E-state index contributed by atoms with van der Waals surface area (Å²) in [6.45, 7) is 3.98. The number of rotatable bonds is 14. The second kappa shape index (κ2) is 11.6. The lowest BCUT2D eigenvalue weighted by Crippen LogP contribution is -2.55. The lowest BCUT2D eigenvalue weighted by atomic mass is 10.1. The summed E-state index contributed by atoms with van der Waals surface area (Å²) in [5.74, 6) is 0. The van der Waals surface area contributed by atoms with Crippen LogP contribution in [0.2, 0.25) is 0 Å². The maximum Gasteiger partial charge on any atom is 0.518 e. The smallest absolute Gasteiger partial charge is 0.476 e. The second-order valence-corrected chi connectivity index (χ2v) is 6.05. The average Bonchev–Trinajstić information content (AvgIpc) is 3.61. The number of hydrogen-bond donors (Lipinski definition) is 0. The maximum absolute atomic E-state index is 10.8. The maximum atomic E-state index is 10.8. The van der Waals surface area contributed by atoms with Crippen molar-refractivity contribution in [2.75, 3.05) is 33.2 Å². The SMILES string of the molecule is C=COC(=O)OCC(C1CO1)([N+](=O)[O-])[N+](=O)[O-].C=COCOCC(C1CO1)([N+](=O)[O-])[N+](=O)[O-]. The molecule has 2 unspecified atom stereocenters. The Morgan fingerprint density at radius 1 is 0.879 bits per heavy atom. The predicted molar refractivity (Wildman–Crippen MR) is 97.7 cm³/mol. The third kappa shape index (κ3) is 6.51. The highest BCUT2D eigenvalue weighted by Gasteiger charge is 2.71. The fraction of sp³-hybridized carbons (Fsp3) is 0.643. The van der Waals surface area contributed by atoms with Gasteiger partial charge in [0.2, 0.25) is 18.8 Å². The van der Waals surface area contributed by atoms with Gasteiger partial charge in [-0.2, -0.15) is 0 Å². The summed E-state index contributed by atoms with van der Waals surface area (Å²) in [5, 5.41) is 43.0. The highest BCUT2D eigenvalue weighted by atomic mass is 16.7. The van der Waals surface area contributed by atoms with Crippen molar-refractivity contribution in [1.82, 2.24) is 0 Å². The van der Waals surface area contributed by atoms with E-state index in [0.717, 1.165) is 12.5 Å². The molecular formula is C14H18N4O15. The Kier molecular flexibility index (Phi) is 9.51. The summed E-state index contributed by atoms with van der Waals surface area (Å²) in [6, 6.07) is 0. The molecule has 2 aliphatic rings. The zero-order chi connectivity index (χ0) is 25.2. The first kappa shape index (κ1) is 27.1. The molecule has 0 aromatic carbocycles. The minimum Gasteiger partial charge on any atom is -0.476 e. The normalized spacial score (nSPS) is 18.4. The van der Waals surface area contributed by atoms with E-state index < -0.39 is 62.6 Å². The minimum atomic E-state index is -2.69. The van der Waals surface area contributed by atoms with E-state index in [1.165, 1.54) is 0 Å². The molecule has 2 heterocycles.